The molecule has 6 heteroatoms. The highest BCUT2D eigenvalue weighted by molar-refractivity contribution is 7.08. The highest BCUT2D eigenvalue weighted by Crippen LogP contribution is 2.13. The second kappa shape index (κ2) is 5.59. The molecule has 0 saturated heterocycles. The molecule has 18 heavy (non-hydrogen) atoms. The molecule has 0 aliphatic rings. The van der Waals surface area contributed by atoms with Crippen molar-refractivity contribution in [3.8, 4) is 0 Å². The Morgan fingerprint density at radius 3 is 2.72 bits per heavy atom. The maximum atomic E-state index is 11.8. The number of nitrogens with one attached hydrogen (secondary N) is 2. The maximum Gasteiger partial charge on any atom is 0.271 e. The van der Waals surface area contributed by atoms with Crippen molar-refractivity contribution in [2.45, 2.75) is 13.5 Å². The number of rotatable bonds is 4. The van der Waals surface area contributed by atoms with Gasteiger partial charge >= 0.3 is 0 Å². The summed E-state index contributed by atoms with van der Waals surface area (Å²) in [5.41, 5.74) is 2.65. The van der Waals surface area contributed by atoms with Crippen molar-refractivity contribution in [1.29, 1.82) is 0 Å². The fourth-order valence-corrected chi connectivity index (χ4v) is 2.27. The summed E-state index contributed by atoms with van der Waals surface area (Å²) in [6.45, 7) is 2.54. The quantitative estimate of drug-likeness (QED) is 0.882. The van der Waals surface area contributed by atoms with Gasteiger partial charge in [-0.3, -0.25) is 4.79 Å². The Morgan fingerprint density at radius 2 is 2.17 bits per heavy atom. The van der Waals surface area contributed by atoms with Crippen LogP contribution in [0.1, 0.15) is 21.6 Å². The molecule has 5 nitrogen and oxygen atoms in total. The molecule has 0 bridgehead atoms. The van der Waals surface area contributed by atoms with E-state index in [0.29, 0.717) is 18.1 Å². The molecule has 0 aliphatic heterocycles. The number of carbonyl (C=O) groups is 1. The third kappa shape index (κ3) is 2.84. The molecule has 0 aliphatic carbocycles. The van der Waals surface area contributed by atoms with Gasteiger partial charge in [-0.2, -0.15) is 11.3 Å². The molecular formula is C12H14N4OS. The van der Waals surface area contributed by atoms with E-state index in [2.05, 4.69) is 26.0 Å². The Morgan fingerprint density at radius 1 is 1.33 bits per heavy atom. The van der Waals surface area contributed by atoms with Gasteiger partial charge in [0.2, 0.25) is 0 Å². The van der Waals surface area contributed by atoms with Crippen molar-refractivity contribution in [1.82, 2.24) is 15.3 Å². The van der Waals surface area contributed by atoms with Gasteiger partial charge in [-0.05, 0) is 28.8 Å². The largest absolute Gasteiger partial charge is 0.372 e. The van der Waals surface area contributed by atoms with Crippen LogP contribution in [0.15, 0.2) is 23.2 Å². The van der Waals surface area contributed by atoms with Crippen LogP contribution < -0.4 is 10.6 Å². The number of aromatic nitrogens is 2. The molecule has 0 fully saturated rings. The summed E-state index contributed by atoms with van der Waals surface area (Å²) < 4.78 is 0. The van der Waals surface area contributed by atoms with Gasteiger partial charge in [-0.15, -0.1) is 0 Å². The number of anilines is 1. The summed E-state index contributed by atoms with van der Waals surface area (Å²) in [5.74, 6) is 0.427. The number of thiophene rings is 1. The predicted octanol–water partition coefficient (Wildman–Crippen LogP) is 1.82. The standard InChI is InChI=1S/C12H14N4OS/c1-8-6-18-7-9(8)3-16-12(17)10-4-15-11(13-2)5-14-10/h4-7H,3H2,1-2H3,(H,13,15)(H,16,17). The molecule has 0 atom stereocenters. The third-order valence-electron chi connectivity index (χ3n) is 2.54. The minimum absolute atomic E-state index is 0.212. The molecule has 2 N–H and O–H groups in total. The lowest BCUT2D eigenvalue weighted by molar-refractivity contribution is 0.0945. The predicted molar refractivity (Wildman–Crippen MR) is 71.8 cm³/mol. The lowest BCUT2D eigenvalue weighted by Gasteiger charge is -2.04. The molecule has 0 radical (unpaired) electrons. The number of amides is 1. The monoisotopic (exact) mass is 262 g/mol. The number of aryl methyl sites for hydroxylation is 1. The van der Waals surface area contributed by atoms with E-state index >= 15 is 0 Å². The van der Waals surface area contributed by atoms with Crippen LogP contribution in [0.25, 0.3) is 0 Å². The summed E-state index contributed by atoms with van der Waals surface area (Å²) in [6, 6.07) is 0. The average molecular weight is 262 g/mol. The van der Waals surface area contributed by atoms with Crippen LogP contribution in [-0.4, -0.2) is 22.9 Å². The molecule has 0 saturated carbocycles. The number of carbonyl (C=O) groups excluding carboxylic acids is 1. The van der Waals surface area contributed by atoms with Crippen LogP contribution in [0, 0.1) is 6.92 Å². The van der Waals surface area contributed by atoms with Crippen LogP contribution in [0.5, 0.6) is 0 Å². The lowest BCUT2D eigenvalue weighted by Crippen LogP contribution is -2.24. The van der Waals surface area contributed by atoms with Crippen LogP contribution in [0.2, 0.25) is 0 Å². The van der Waals surface area contributed by atoms with Gasteiger partial charge in [-0.25, -0.2) is 9.97 Å². The molecule has 0 aromatic carbocycles. The minimum Gasteiger partial charge on any atom is -0.372 e. The van der Waals surface area contributed by atoms with Gasteiger partial charge in [0.05, 0.1) is 12.4 Å². The van der Waals surface area contributed by atoms with Crippen LogP contribution >= 0.6 is 11.3 Å². The molecule has 2 heterocycles. The van der Waals surface area contributed by atoms with E-state index in [1.54, 1.807) is 18.4 Å². The Hall–Kier alpha value is -1.95. The SMILES string of the molecule is CNc1cnc(C(=O)NCc2cscc2C)cn1. The first-order valence-electron chi connectivity index (χ1n) is 5.50. The van der Waals surface area contributed by atoms with E-state index in [9.17, 15) is 4.79 Å². The zero-order valence-corrected chi connectivity index (χ0v) is 11.0. The zero-order chi connectivity index (χ0) is 13.0. The molecule has 2 aromatic rings. The minimum atomic E-state index is -0.212. The maximum absolute atomic E-state index is 11.8. The van der Waals surface area contributed by atoms with Crippen LogP contribution in [0.4, 0.5) is 5.82 Å². The smallest absolute Gasteiger partial charge is 0.271 e. The molecule has 94 valence electrons. The van der Waals surface area contributed by atoms with Crippen molar-refractivity contribution < 1.29 is 4.79 Å². The van der Waals surface area contributed by atoms with E-state index in [1.807, 2.05) is 12.3 Å². The van der Waals surface area contributed by atoms with Crippen molar-refractivity contribution in [2.75, 3.05) is 12.4 Å². The van der Waals surface area contributed by atoms with Crippen LogP contribution in [-0.2, 0) is 6.54 Å². The molecule has 2 aromatic heterocycles. The zero-order valence-electron chi connectivity index (χ0n) is 10.2. The van der Waals surface area contributed by atoms with Gasteiger partial charge in [0, 0.05) is 13.6 Å². The summed E-state index contributed by atoms with van der Waals surface area (Å²) in [5, 5.41) is 9.77. The van der Waals surface area contributed by atoms with Gasteiger partial charge in [0.15, 0.2) is 0 Å². The summed E-state index contributed by atoms with van der Waals surface area (Å²) in [4.78, 5) is 19.9. The van der Waals surface area contributed by atoms with Crippen molar-refractivity contribution in [3.05, 3.63) is 40.0 Å². The number of hydrogen-bond acceptors (Lipinski definition) is 5. The van der Waals surface area contributed by atoms with Gasteiger partial charge in [0.1, 0.15) is 11.5 Å². The summed E-state index contributed by atoms with van der Waals surface area (Å²) in [6.07, 6.45) is 2.99. The van der Waals surface area contributed by atoms with E-state index < -0.39 is 0 Å². The molecule has 2 rings (SSSR count). The van der Waals surface area contributed by atoms with Crippen molar-refractivity contribution >= 4 is 23.1 Å². The van der Waals surface area contributed by atoms with E-state index in [1.165, 1.54) is 18.0 Å². The van der Waals surface area contributed by atoms with Gasteiger partial charge < -0.3 is 10.6 Å². The number of nitrogens with zero attached hydrogens (tertiary/aromatic N) is 2. The Labute approximate surface area is 109 Å². The van der Waals surface area contributed by atoms with Crippen LogP contribution in [0.3, 0.4) is 0 Å². The summed E-state index contributed by atoms with van der Waals surface area (Å²) in [7, 11) is 1.75. The van der Waals surface area contributed by atoms with Crippen molar-refractivity contribution in [2.24, 2.45) is 0 Å². The topological polar surface area (TPSA) is 66.9 Å². The Bertz CT molecular complexity index is 535. The lowest BCUT2D eigenvalue weighted by atomic mass is 10.2. The molecule has 1 amide bonds. The highest BCUT2D eigenvalue weighted by atomic mass is 32.1. The van der Waals surface area contributed by atoms with E-state index in [0.717, 1.165) is 5.56 Å². The Balaban J connectivity index is 1.97. The fourth-order valence-electron chi connectivity index (χ4n) is 1.41. The first-order chi connectivity index (χ1) is 8.70. The Kier molecular flexibility index (Phi) is 3.88. The van der Waals surface area contributed by atoms with E-state index in [-0.39, 0.29) is 5.91 Å². The second-order valence-electron chi connectivity index (χ2n) is 3.80. The third-order valence-corrected chi connectivity index (χ3v) is 3.45. The highest BCUT2D eigenvalue weighted by Gasteiger charge is 2.08. The molecular weight excluding hydrogens is 248 g/mol. The number of hydrogen-bond donors (Lipinski definition) is 2. The van der Waals surface area contributed by atoms with Gasteiger partial charge in [-0.1, -0.05) is 0 Å². The molecule has 0 spiro atoms. The average Bonchev–Trinajstić information content (AvgIpc) is 2.81. The first-order valence-corrected chi connectivity index (χ1v) is 6.44. The van der Waals surface area contributed by atoms with Gasteiger partial charge in [0.25, 0.3) is 5.91 Å². The van der Waals surface area contributed by atoms with Crippen molar-refractivity contribution in [3.63, 3.8) is 0 Å². The first kappa shape index (κ1) is 12.5. The normalized spacial score (nSPS) is 10.1. The summed E-state index contributed by atoms with van der Waals surface area (Å²) >= 11 is 1.63. The van der Waals surface area contributed by atoms with E-state index in [4.69, 9.17) is 0 Å². The molecule has 0 unspecified atom stereocenters. The second-order valence-corrected chi connectivity index (χ2v) is 4.54. The fraction of sp³-hybridized carbons (Fsp3) is 0.250.